The van der Waals surface area contributed by atoms with Gasteiger partial charge in [0.25, 0.3) is 0 Å². The number of nitrogens with zero attached hydrogens (tertiary/aromatic N) is 1. The summed E-state index contributed by atoms with van der Waals surface area (Å²) in [5.41, 5.74) is 1.99. The van der Waals surface area contributed by atoms with Gasteiger partial charge in [-0.1, -0.05) is 12.1 Å². The molecule has 1 aromatic carbocycles. The number of morpholine rings is 1. The van der Waals surface area contributed by atoms with Crippen molar-refractivity contribution < 1.29 is 9.47 Å². The maximum Gasteiger partial charge on any atom is 0.128 e. The second-order valence-electron chi connectivity index (χ2n) is 4.35. The van der Waals surface area contributed by atoms with Gasteiger partial charge in [-0.15, -0.1) is 11.3 Å². The van der Waals surface area contributed by atoms with Crippen LogP contribution in [0.15, 0.2) is 29.6 Å². The molecule has 3 rings (SSSR count). The number of hydrogen-bond donors (Lipinski definition) is 1. The van der Waals surface area contributed by atoms with Gasteiger partial charge >= 0.3 is 0 Å². The van der Waals surface area contributed by atoms with Gasteiger partial charge in [0, 0.05) is 17.5 Å². The Kier molecular flexibility index (Phi) is 3.77. The van der Waals surface area contributed by atoms with Crippen molar-refractivity contribution in [3.05, 3.63) is 34.7 Å². The van der Waals surface area contributed by atoms with Crippen LogP contribution in [-0.4, -0.2) is 31.9 Å². The summed E-state index contributed by atoms with van der Waals surface area (Å²) in [5, 5.41) is 6.56. The molecule has 1 aromatic heterocycles. The second-order valence-corrected chi connectivity index (χ2v) is 5.24. The highest BCUT2D eigenvalue weighted by Gasteiger charge is 2.19. The molecule has 100 valence electrons. The predicted octanol–water partition coefficient (Wildman–Crippen LogP) is 2.48. The Balaban J connectivity index is 1.88. The number of nitrogens with one attached hydrogen (secondary N) is 1. The molecule has 1 aliphatic heterocycles. The lowest BCUT2D eigenvalue weighted by molar-refractivity contribution is 0.0768. The van der Waals surface area contributed by atoms with E-state index in [2.05, 4.69) is 10.7 Å². The number of hydrogen-bond acceptors (Lipinski definition) is 5. The first kappa shape index (κ1) is 12.6. The number of aromatic nitrogens is 1. The summed E-state index contributed by atoms with van der Waals surface area (Å²) in [6, 6.07) is 8.16. The van der Waals surface area contributed by atoms with E-state index in [9.17, 15) is 0 Å². The van der Waals surface area contributed by atoms with Crippen molar-refractivity contribution in [3.8, 4) is 17.0 Å². The molecule has 0 amide bonds. The van der Waals surface area contributed by atoms with Gasteiger partial charge in [0.2, 0.25) is 0 Å². The minimum Gasteiger partial charge on any atom is -0.496 e. The lowest BCUT2D eigenvalue weighted by Crippen LogP contribution is -2.34. The SMILES string of the molecule is COc1ccccc1-c1csc(C2COCCN2)n1. The Morgan fingerprint density at radius 1 is 1.42 bits per heavy atom. The quantitative estimate of drug-likeness (QED) is 0.935. The molecule has 1 fully saturated rings. The van der Waals surface area contributed by atoms with Crippen molar-refractivity contribution in [2.75, 3.05) is 26.9 Å². The van der Waals surface area contributed by atoms with E-state index in [1.165, 1.54) is 0 Å². The molecule has 1 atom stereocenters. The van der Waals surface area contributed by atoms with Crippen LogP contribution in [0.1, 0.15) is 11.0 Å². The van der Waals surface area contributed by atoms with Crippen LogP contribution in [0.3, 0.4) is 0 Å². The van der Waals surface area contributed by atoms with Crippen molar-refractivity contribution in [2.24, 2.45) is 0 Å². The summed E-state index contributed by atoms with van der Waals surface area (Å²) in [6.07, 6.45) is 0. The lowest BCUT2D eigenvalue weighted by Gasteiger charge is -2.21. The van der Waals surface area contributed by atoms with Crippen molar-refractivity contribution in [1.82, 2.24) is 10.3 Å². The van der Waals surface area contributed by atoms with E-state index in [4.69, 9.17) is 14.5 Å². The monoisotopic (exact) mass is 276 g/mol. The highest BCUT2D eigenvalue weighted by atomic mass is 32.1. The average Bonchev–Trinajstić information content (AvgIpc) is 2.98. The van der Waals surface area contributed by atoms with Crippen LogP contribution in [0, 0.1) is 0 Å². The first-order valence-electron chi connectivity index (χ1n) is 6.28. The number of ether oxygens (including phenoxy) is 2. The predicted molar refractivity (Wildman–Crippen MR) is 75.7 cm³/mol. The Morgan fingerprint density at radius 3 is 3.11 bits per heavy atom. The van der Waals surface area contributed by atoms with Crippen LogP contribution in [0.4, 0.5) is 0 Å². The molecular formula is C14H16N2O2S. The summed E-state index contributed by atoms with van der Waals surface area (Å²) in [4.78, 5) is 4.71. The lowest BCUT2D eigenvalue weighted by atomic mass is 10.1. The van der Waals surface area contributed by atoms with Crippen LogP contribution < -0.4 is 10.1 Å². The van der Waals surface area contributed by atoms with Gasteiger partial charge in [0.1, 0.15) is 10.8 Å². The highest BCUT2D eigenvalue weighted by Crippen LogP contribution is 2.32. The van der Waals surface area contributed by atoms with E-state index in [1.807, 2.05) is 24.3 Å². The van der Waals surface area contributed by atoms with E-state index in [-0.39, 0.29) is 6.04 Å². The fourth-order valence-electron chi connectivity index (χ4n) is 2.15. The standard InChI is InChI=1S/C14H16N2O2S/c1-17-13-5-3-2-4-10(13)12-9-19-14(16-12)11-8-18-7-6-15-11/h2-5,9,11,15H,6-8H2,1H3. The number of para-hydroxylation sites is 1. The number of methoxy groups -OCH3 is 1. The van der Waals surface area contributed by atoms with Gasteiger partial charge in [0.15, 0.2) is 0 Å². The minimum absolute atomic E-state index is 0.210. The number of thiazole rings is 1. The van der Waals surface area contributed by atoms with Crippen LogP contribution in [0.2, 0.25) is 0 Å². The van der Waals surface area contributed by atoms with Crippen molar-refractivity contribution in [3.63, 3.8) is 0 Å². The average molecular weight is 276 g/mol. The van der Waals surface area contributed by atoms with E-state index < -0.39 is 0 Å². The molecule has 1 unspecified atom stereocenters. The fourth-order valence-corrected chi connectivity index (χ4v) is 3.03. The molecule has 1 N–H and O–H groups in total. The van der Waals surface area contributed by atoms with Crippen LogP contribution in [-0.2, 0) is 4.74 Å². The van der Waals surface area contributed by atoms with E-state index in [0.29, 0.717) is 6.61 Å². The zero-order chi connectivity index (χ0) is 13.1. The Hall–Kier alpha value is -1.43. The first-order valence-corrected chi connectivity index (χ1v) is 7.16. The molecule has 1 saturated heterocycles. The molecule has 0 saturated carbocycles. The third kappa shape index (κ3) is 2.63. The van der Waals surface area contributed by atoms with Gasteiger partial charge in [-0.3, -0.25) is 0 Å². The summed E-state index contributed by atoms with van der Waals surface area (Å²) < 4.78 is 10.9. The Bertz CT molecular complexity index is 550. The van der Waals surface area contributed by atoms with Crippen LogP contribution in [0.5, 0.6) is 5.75 Å². The molecule has 0 aliphatic carbocycles. The molecular weight excluding hydrogens is 260 g/mol. The van der Waals surface area contributed by atoms with Gasteiger partial charge in [-0.25, -0.2) is 4.98 Å². The molecule has 19 heavy (non-hydrogen) atoms. The van der Waals surface area contributed by atoms with E-state index in [1.54, 1.807) is 18.4 Å². The second kappa shape index (κ2) is 5.69. The molecule has 1 aliphatic rings. The number of rotatable bonds is 3. The van der Waals surface area contributed by atoms with Gasteiger partial charge in [0.05, 0.1) is 32.1 Å². The van der Waals surface area contributed by atoms with Gasteiger partial charge in [-0.05, 0) is 12.1 Å². The Labute approximate surface area is 116 Å². The third-order valence-electron chi connectivity index (χ3n) is 3.12. The summed E-state index contributed by atoms with van der Waals surface area (Å²) in [5.74, 6) is 0.854. The maximum absolute atomic E-state index is 5.48. The zero-order valence-electron chi connectivity index (χ0n) is 10.8. The first-order chi connectivity index (χ1) is 9.38. The van der Waals surface area contributed by atoms with Gasteiger partial charge < -0.3 is 14.8 Å². The molecule has 0 radical (unpaired) electrons. The largest absolute Gasteiger partial charge is 0.496 e. The van der Waals surface area contributed by atoms with E-state index >= 15 is 0 Å². The van der Waals surface area contributed by atoms with Crippen molar-refractivity contribution in [2.45, 2.75) is 6.04 Å². The summed E-state index contributed by atoms with van der Waals surface area (Å²) >= 11 is 1.66. The topological polar surface area (TPSA) is 43.4 Å². The maximum atomic E-state index is 5.48. The zero-order valence-corrected chi connectivity index (χ0v) is 11.6. The smallest absolute Gasteiger partial charge is 0.128 e. The Morgan fingerprint density at radius 2 is 2.32 bits per heavy atom. The highest BCUT2D eigenvalue weighted by molar-refractivity contribution is 7.10. The third-order valence-corrected chi connectivity index (χ3v) is 4.08. The van der Waals surface area contributed by atoms with Crippen LogP contribution in [0.25, 0.3) is 11.3 Å². The fraction of sp³-hybridized carbons (Fsp3) is 0.357. The van der Waals surface area contributed by atoms with Crippen LogP contribution >= 0.6 is 11.3 Å². The van der Waals surface area contributed by atoms with Crippen molar-refractivity contribution >= 4 is 11.3 Å². The summed E-state index contributed by atoms with van der Waals surface area (Å²) in [7, 11) is 1.68. The molecule has 4 nitrogen and oxygen atoms in total. The normalized spacial score (nSPS) is 19.3. The molecule has 2 heterocycles. The molecule has 0 spiro atoms. The molecule has 2 aromatic rings. The van der Waals surface area contributed by atoms with Crippen molar-refractivity contribution in [1.29, 1.82) is 0 Å². The van der Waals surface area contributed by atoms with Gasteiger partial charge in [-0.2, -0.15) is 0 Å². The minimum atomic E-state index is 0.210. The van der Waals surface area contributed by atoms with E-state index in [0.717, 1.165) is 35.2 Å². The molecule has 0 bridgehead atoms. The summed E-state index contributed by atoms with van der Waals surface area (Å²) in [6.45, 7) is 2.36. The number of benzene rings is 1. The molecule has 5 heteroatoms.